The van der Waals surface area contributed by atoms with Gasteiger partial charge in [0.05, 0.1) is 22.7 Å². The summed E-state index contributed by atoms with van der Waals surface area (Å²) in [7, 11) is 0. The van der Waals surface area contributed by atoms with Crippen LogP contribution in [0.15, 0.2) is 40.9 Å². The molecule has 0 aliphatic carbocycles. The number of nitriles is 1. The number of hydrogen-bond acceptors (Lipinski definition) is 3. The Hall–Kier alpha value is -2.36. The molecule has 0 saturated heterocycles. The van der Waals surface area contributed by atoms with E-state index in [1.165, 1.54) is 0 Å². The quantitative estimate of drug-likeness (QED) is 0.623. The summed E-state index contributed by atoms with van der Waals surface area (Å²) in [5.74, 6) is 0.370. The highest BCUT2D eigenvalue weighted by atomic mass is 79.9. The van der Waals surface area contributed by atoms with Crippen LogP contribution in [0.5, 0.6) is 0 Å². The number of halogens is 2. The number of aryl methyl sites for hydroxylation is 2. The van der Waals surface area contributed by atoms with Gasteiger partial charge in [-0.05, 0) is 55.3 Å². The minimum atomic E-state index is -0.123. The number of fused-ring (bicyclic) bond motifs is 1. The first-order valence-electron chi connectivity index (χ1n) is 8.16. The number of imidazole rings is 1. The van der Waals surface area contributed by atoms with Crippen molar-refractivity contribution in [3.63, 3.8) is 0 Å². The van der Waals surface area contributed by atoms with Crippen LogP contribution >= 0.6 is 27.5 Å². The number of anilines is 1. The van der Waals surface area contributed by atoms with Crippen molar-refractivity contribution in [2.45, 2.75) is 26.3 Å². The first kappa shape index (κ1) is 18.4. The van der Waals surface area contributed by atoms with E-state index >= 15 is 0 Å². The monoisotopic (exact) mass is 430 g/mol. The Labute approximate surface area is 164 Å². The van der Waals surface area contributed by atoms with Gasteiger partial charge in [0.1, 0.15) is 0 Å². The SMILES string of the molecule is CCn1c(NC(=O)CCc2cc(Cl)ccc2Br)nc2cc(C#N)ccc21. The number of carbonyl (C=O) groups excluding carboxylic acids is 1. The molecule has 0 fully saturated rings. The molecule has 0 aliphatic rings. The molecule has 26 heavy (non-hydrogen) atoms. The number of nitrogens with zero attached hydrogens (tertiary/aromatic N) is 3. The van der Waals surface area contributed by atoms with Gasteiger partial charge in [-0.15, -0.1) is 0 Å². The fourth-order valence-corrected chi connectivity index (χ4v) is 3.42. The lowest BCUT2D eigenvalue weighted by atomic mass is 10.1. The van der Waals surface area contributed by atoms with Gasteiger partial charge in [0.15, 0.2) is 0 Å². The van der Waals surface area contributed by atoms with E-state index < -0.39 is 0 Å². The molecule has 0 saturated carbocycles. The largest absolute Gasteiger partial charge is 0.310 e. The predicted molar refractivity (Wildman–Crippen MR) is 106 cm³/mol. The Kier molecular flexibility index (Phi) is 5.60. The van der Waals surface area contributed by atoms with Crippen molar-refractivity contribution in [2.75, 3.05) is 5.32 Å². The van der Waals surface area contributed by atoms with Crippen molar-refractivity contribution in [3.8, 4) is 6.07 Å². The van der Waals surface area contributed by atoms with Crippen molar-refractivity contribution in [1.82, 2.24) is 9.55 Å². The molecule has 0 aliphatic heterocycles. The zero-order chi connectivity index (χ0) is 18.7. The standard InChI is InChI=1S/C19H16BrClN4O/c1-2-25-17-7-3-12(11-22)9-16(17)23-19(25)24-18(26)8-4-13-10-14(21)5-6-15(13)20/h3,5-7,9-10H,2,4,8H2,1H3,(H,23,24,26). The van der Waals surface area contributed by atoms with E-state index in [0.29, 0.717) is 41.4 Å². The molecule has 1 amide bonds. The summed E-state index contributed by atoms with van der Waals surface area (Å²) >= 11 is 9.49. The van der Waals surface area contributed by atoms with Gasteiger partial charge in [-0.2, -0.15) is 5.26 Å². The summed E-state index contributed by atoms with van der Waals surface area (Å²) in [4.78, 5) is 16.9. The molecular weight excluding hydrogens is 416 g/mol. The molecule has 3 aromatic rings. The normalized spacial score (nSPS) is 10.7. The summed E-state index contributed by atoms with van der Waals surface area (Å²) in [6.07, 6.45) is 0.882. The van der Waals surface area contributed by atoms with Crippen LogP contribution in [-0.4, -0.2) is 15.5 Å². The Morgan fingerprint density at radius 1 is 1.35 bits per heavy atom. The third kappa shape index (κ3) is 3.90. The van der Waals surface area contributed by atoms with Crippen molar-refractivity contribution in [2.24, 2.45) is 0 Å². The summed E-state index contributed by atoms with van der Waals surface area (Å²) in [6, 6.07) is 12.9. The highest BCUT2D eigenvalue weighted by molar-refractivity contribution is 9.10. The van der Waals surface area contributed by atoms with Crippen LogP contribution in [0.25, 0.3) is 11.0 Å². The Balaban J connectivity index is 1.76. The maximum absolute atomic E-state index is 12.4. The van der Waals surface area contributed by atoms with Crippen molar-refractivity contribution in [3.05, 3.63) is 57.0 Å². The average molecular weight is 432 g/mol. The second-order valence-corrected chi connectivity index (χ2v) is 7.07. The Morgan fingerprint density at radius 3 is 2.88 bits per heavy atom. The number of aromatic nitrogens is 2. The second kappa shape index (κ2) is 7.90. The summed E-state index contributed by atoms with van der Waals surface area (Å²) in [5.41, 5.74) is 3.11. The molecule has 1 heterocycles. The number of hydrogen-bond donors (Lipinski definition) is 1. The first-order chi connectivity index (χ1) is 12.5. The number of nitrogens with one attached hydrogen (secondary N) is 1. The molecule has 0 radical (unpaired) electrons. The molecule has 7 heteroatoms. The Bertz CT molecular complexity index is 1020. The van der Waals surface area contributed by atoms with Crippen LogP contribution in [0, 0.1) is 11.3 Å². The van der Waals surface area contributed by atoms with Gasteiger partial charge in [0.2, 0.25) is 11.9 Å². The smallest absolute Gasteiger partial charge is 0.227 e. The van der Waals surface area contributed by atoms with E-state index in [0.717, 1.165) is 15.6 Å². The number of rotatable bonds is 5. The second-order valence-electron chi connectivity index (χ2n) is 5.78. The van der Waals surface area contributed by atoms with Crippen molar-refractivity contribution < 1.29 is 4.79 Å². The molecule has 3 rings (SSSR count). The van der Waals surface area contributed by atoms with E-state index in [1.807, 2.05) is 29.7 Å². The molecule has 132 valence electrons. The van der Waals surface area contributed by atoms with E-state index in [-0.39, 0.29) is 5.91 Å². The molecule has 0 unspecified atom stereocenters. The average Bonchev–Trinajstić information content (AvgIpc) is 2.98. The van der Waals surface area contributed by atoms with Gasteiger partial charge in [-0.25, -0.2) is 4.98 Å². The van der Waals surface area contributed by atoms with E-state index in [4.69, 9.17) is 16.9 Å². The lowest BCUT2D eigenvalue weighted by Gasteiger charge is -2.08. The van der Waals surface area contributed by atoms with Crippen LogP contribution in [0.1, 0.15) is 24.5 Å². The maximum atomic E-state index is 12.4. The van der Waals surface area contributed by atoms with Gasteiger partial charge in [0.25, 0.3) is 0 Å². The van der Waals surface area contributed by atoms with Gasteiger partial charge < -0.3 is 4.57 Å². The number of benzene rings is 2. The van der Waals surface area contributed by atoms with E-state index in [9.17, 15) is 4.79 Å². The van der Waals surface area contributed by atoms with Gasteiger partial charge in [-0.3, -0.25) is 10.1 Å². The van der Waals surface area contributed by atoms with Crippen LogP contribution < -0.4 is 5.32 Å². The number of carbonyl (C=O) groups is 1. The third-order valence-electron chi connectivity index (χ3n) is 4.07. The molecule has 0 atom stereocenters. The lowest BCUT2D eigenvalue weighted by Crippen LogP contribution is -2.16. The molecule has 5 nitrogen and oxygen atoms in total. The Morgan fingerprint density at radius 2 is 2.15 bits per heavy atom. The molecule has 2 aromatic carbocycles. The molecular formula is C19H16BrClN4O. The van der Waals surface area contributed by atoms with E-state index in [2.05, 4.69) is 32.3 Å². The van der Waals surface area contributed by atoms with Crippen LogP contribution in [0.2, 0.25) is 5.02 Å². The number of amides is 1. The van der Waals surface area contributed by atoms with Crippen LogP contribution in [-0.2, 0) is 17.8 Å². The molecule has 0 bridgehead atoms. The molecule has 1 aromatic heterocycles. The third-order valence-corrected chi connectivity index (χ3v) is 5.08. The zero-order valence-corrected chi connectivity index (χ0v) is 16.4. The highest BCUT2D eigenvalue weighted by Crippen LogP contribution is 2.23. The summed E-state index contributed by atoms with van der Waals surface area (Å²) < 4.78 is 2.85. The van der Waals surface area contributed by atoms with Gasteiger partial charge in [-0.1, -0.05) is 27.5 Å². The minimum Gasteiger partial charge on any atom is -0.310 e. The predicted octanol–water partition coefficient (Wildman–Crippen LogP) is 4.92. The highest BCUT2D eigenvalue weighted by Gasteiger charge is 2.13. The topological polar surface area (TPSA) is 70.7 Å². The first-order valence-corrected chi connectivity index (χ1v) is 9.33. The lowest BCUT2D eigenvalue weighted by molar-refractivity contribution is -0.116. The van der Waals surface area contributed by atoms with Gasteiger partial charge >= 0.3 is 0 Å². The zero-order valence-electron chi connectivity index (χ0n) is 14.1. The summed E-state index contributed by atoms with van der Waals surface area (Å²) in [6.45, 7) is 2.65. The van der Waals surface area contributed by atoms with Crippen molar-refractivity contribution in [1.29, 1.82) is 5.26 Å². The molecule has 0 spiro atoms. The van der Waals surface area contributed by atoms with Gasteiger partial charge in [0, 0.05) is 22.5 Å². The summed E-state index contributed by atoms with van der Waals surface area (Å²) in [5, 5.41) is 12.5. The van der Waals surface area contributed by atoms with Crippen LogP contribution in [0.3, 0.4) is 0 Å². The fourth-order valence-electron chi connectivity index (χ4n) is 2.79. The fraction of sp³-hybridized carbons (Fsp3) is 0.211. The van der Waals surface area contributed by atoms with E-state index in [1.54, 1.807) is 18.2 Å². The van der Waals surface area contributed by atoms with Crippen molar-refractivity contribution >= 4 is 50.4 Å². The van der Waals surface area contributed by atoms with Crippen LogP contribution in [0.4, 0.5) is 5.95 Å². The maximum Gasteiger partial charge on any atom is 0.227 e. The minimum absolute atomic E-state index is 0.123. The molecule has 1 N–H and O–H groups in total.